The van der Waals surface area contributed by atoms with Crippen LogP contribution >= 0.6 is 0 Å². The maximum absolute atomic E-state index is 10.4. The summed E-state index contributed by atoms with van der Waals surface area (Å²) in [4.78, 5) is 0. The first-order valence-corrected chi connectivity index (χ1v) is 6.41. The van der Waals surface area contributed by atoms with Gasteiger partial charge < -0.3 is 14.6 Å². The van der Waals surface area contributed by atoms with Crippen LogP contribution in [0.5, 0.6) is 5.75 Å². The summed E-state index contributed by atoms with van der Waals surface area (Å²) >= 11 is 0. The molecule has 0 saturated carbocycles. The van der Waals surface area contributed by atoms with Gasteiger partial charge in [-0.1, -0.05) is 13.3 Å². The molecule has 0 heterocycles. The topological polar surface area (TPSA) is 38.7 Å². The van der Waals surface area contributed by atoms with Crippen molar-refractivity contribution in [2.75, 3.05) is 14.2 Å². The number of hydrogen-bond acceptors (Lipinski definition) is 3. The van der Waals surface area contributed by atoms with Crippen molar-refractivity contribution in [1.29, 1.82) is 0 Å². The van der Waals surface area contributed by atoms with Crippen molar-refractivity contribution in [3.63, 3.8) is 0 Å². The molecule has 0 bridgehead atoms. The molecule has 1 N–H and O–H groups in total. The minimum atomic E-state index is -0.584. The summed E-state index contributed by atoms with van der Waals surface area (Å²) in [6.45, 7) is 6.06. The summed E-state index contributed by atoms with van der Waals surface area (Å²) in [7, 11) is 3.31. The highest BCUT2D eigenvalue weighted by molar-refractivity contribution is 5.42. The SMILES string of the molecule is CCCC(OC)C(O)c1cc(C)c(OC)cc1C. The third-order valence-electron chi connectivity index (χ3n) is 3.33. The van der Waals surface area contributed by atoms with E-state index < -0.39 is 6.10 Å². The molecule has 0 fully saturated rings. The Bertz CT molecular complexity index is 388. The summed E-state index contributed by atoms with van der Waals surface area (Å²) in [6.07, 6.45) is 1.10. The first kappa shape index (κ1) is 15.0. The predicted molar refractivity (Wildman–Crippen MR) is 73.1 cm³/mol. The fourth-order valence-corrected chi connectivity index (χ4v) is 2.24. The molecule has 2 unspecified atom stereocenters. The van der Waals surface area contributed by atoms with Gasteiger partial charge in [-0.3, -0.25) is 0 Å². The lowest BCUT2D eigenvalue weighted by atomic mass is 9.95. The van der Waals surface area contributed by atoms with Gasteiger partial charge in [-0.05, 0) is 49.1 Å². The minimum absolute atomic E-state index is 0.151. The predicted octanol–water partition coefficient (Wildman–Crippen LogP) is 3.16. The number of ether oxygens (including phenoxy) is 2. The zero-order chi connectivity index (χ0) is 13.7. The van der Waals surface area contributed by atoms with Gasteiger partial charge in [-0.15, -0.1) is 0 Å². The second kappa shape index (κ2) is 6.76. The van der Waals surface area contributed by atoms with Crippen LogP contribution in [0.1, 0.15) is 42.6 Å². The van der Waals surface area contributed by atoms with Gasteiger partial charge in [-0.2, -0.15) is 0 Å². The molecule has 18 heavy (non-hydrogen) atoms. The first-order valence-electron chi connectivity index (χ1n) is 6.41. The normalized spacial score (nSPS) is 14.3. The van der Waals surface area contributed by atoms with Gasteiger partial charge in [-0.25, -0.2) is 0 Å². The monoisotopic (exact) mass is 252 g/mol. The lowest BCUT2D eigenvalue weighted by Crippen LogP contribution is -2.21. The standard InChI is InChI=1S/C15H24O3/c1-6-7-13(17-4)15(16)12-8-11(3)14(18-5)9-10(12)2/h8-9,13,15-16H,6-7H2,1-5H3. The highest BCUT2D eigenvalue weighted by Crippen LogP contribution is 2.30. The van der Waals surface area contributed by atoms with Crippen molar-refractivity contribution < 1.29 is 14.6 Å². The van der Waals surface area contributed by atoms with E-state index in [1.165, 1.54) is 0 Å². The maximum Gasteiger partial charge on any atom is 0.122 e. The van der Waals surface area contributed by atoms with Crippen LogP contribution in [0.15, 0.2) is 12.1 Å². The zero-order valence-corrected chi connectivity index (χ0v) is 12.0. The van der Waals surface area contributed by atoms with Crippen molar-refractivity contribution >= 4 is 0 Å². The molecule has 0 aliphatic heterocycles. The van der Waals surface area contributed by atoms with E-state index in [0.717, 1.165) is 35.3 Å². The van der Waals surface area contributed by atoms with Crippen LogP contribution in [-0.2, 0) is 4.74 Å². The number of aliphatic hydroxyl groups excluding tert-OH is 1. The Balaban J connectivity index is 3.04. The fourth-order valence-electron chi connectivity index (χ4n) is 2.24. The van der Waals surface area contributed by atoms with Crippen LogP contribution in [0.4, 0.5) is 0 Å². The largest absolute Gasteiger partial charge is 0.496 e. The lowest BCUT2D eigenvalue weighted by molar-refractivity contribution is -0.0182. The van der Waals surface area contributed by atoms with E-state index in [4.69, 9.17) is 9.47 Å². The Morgan fingerprint density at radius 3 is 2.33 bits per heavy atom. The Hall–Kier alpha value is -1.06. The molecule has 0 saturated heterocycles. The number of benzene rings is 1. The number of aryl methyl sites for hydroxylation is 2. The molecule has 102 valence electrons. The van der Waals surface area contributed by atoms with E-state index in [9.17, 15) is 5.11 Å². The van der Waals surface area contributed by atoms with Crippen molar-refractivity contribution in [2.45, 2.75) is 45.8 Å². The second-order valence-corrected chi connectivity index (χ2v) is 4.69. The van der Waals surface area contributed by atoms with Gasteiger partial charge in [0.2, 0.25) is 0 Å². The van der Waals surface area contributed by atoms with Crippen LogP contribution < -0.4 is 4.74 Å². The van der Waals surface area contributed by atoms with Gasteiger partial charge >= 0.3 is 0 Å². The molecule has 0 radical (unpaired) electrons. The molecule has 0 aliphatic carbocycles. The molecule has 0 spiro atoms. The van der Waals surface area contributed by atoms with Crippen LogP contribution in [0.3, 0.4) is 0 Å². The molecule has 3 heteroatoms. The van der Waals surface area contributed by atoms with Crippen molar-refractivity contribution in [2.24, 2.45) is 0 Å². The van der Waals surface area contributed by atoms with Crippen LogP contribution in [0.2, 0.25) is 0 Å². The van der Waals surface area contributed by atoms with Gasteiger partial charge in [0.05, 0.1) is 13.2 Å². The highest BCUT2D eigenvalue weighted by Gasteiger charge is 2.22. The maximum atomic E-state index is 10.4. The number of hydrogen-bond donors (Lipinski definition) is 1. The summed E-state index contributed by atoms with van der Waals surface area (Å²) in [5, 5.41) is 10.4. The van der Waals surface area contributed by atoms with E-state index in [0.29, 0.717) is 0 Å². The highest BCUT2D eigenvalue weighted by atomic mass is 16.5. The number of aliphatic hydroxyl groups is 1. The molecular formula is C15H24O3. The van der Waals surface area contributed by atoms with Crippen molar-refractivity contribution in [3.05, 3.63) is 28.8 Å². The molecule has 0 aromatic heterocycles. The van der Waals surface area contributed by atoms with Crippen LogP contribution in [-0.4, -0.2) is 25.4 Å². The summed E-state index contributed by atoms with van der Waals surface area (Å²) in [5.74, 6) is 0.855. The Labute approximate surface area is 110 Å². The van der Waals surface area contributed by atoms with E-state index in [1.807, 2.05) is 26.0 Å². The smallest absolute Gasteiger partial charge is 0.122 e. The van der Waals surface area contributed by atoms with Crippen LogP contribution in [0, 0.1) is 13.8 Å². The van der Waals surface area contributed by atoms with Gasteiger partial charge in [0.15, 0.2) is 0 Å². The molecule has 0 amide bonds. The molecule has 2 atom stereocenters. The first-order chi connectivity index (χ1) is 8.54. The molecule has 1 aromatic carbocycles. The van der Waals surface area contributed by atoms with Gasteiger partial charge in [0.1, 0.15) is 11.9 Å². The zero-order valence-electron chi connectivity index (χ0n) is 12.0. The molecule has 0 aliphatic rings. The summed E-state index contributed by atoms with van der Waals surface area (Å²) in [6, 6.07) is 3.95. The van der Waals surface area contributed by atoms with Crippen molar-refractivity contribution in [1.82, 2.24) is 0 Å². The number of methoxy groups -OCH3 is 2. The fraction of sp³-hybridized carbons (Fsp3) is 0.600. The average Bonchev–Trinajstić information content (AvgIpc) is 2.37. The van der Waals surface area contributed by atoms with Crippen molar-refractivity contribution in [3.8, 4) is 5.75 Å². The minimum Gasteiger partial charge on any atom is -0.496 e. The summed E-state index contributed by atoms with van der Waals surface area (Å²) < 4.78 is 10.7. The molecule has 1 aromatic rings. The lowest BCUT2D eigenvalue weighted by Gasteiger charge is -2.23. The van der Waals surface area contributed by atoms with Crippen LogP contribution in [0.25, 0.3) is 0 Å². The van der Waals surface area contributed by atoms with Gasteiger partial charge in [0.25, 0.3) is 0 Å². The van der Waals surface area contributed by atoms with E-state index in [-0.39, 0.29) is 6.10 Å². The van der Waals surface area contributed by atoms with E-state index in [1.54, 1.807) is 14.2 Å². The number of rotatable bonds is 6. The Morgan fingerprint density at radius 1 is 1.17 bits per heavy atom. The van der Waals surface area contributed by atoms with E-state index in [2.05, 4.69) is 6.92 Å². The second-order valence-electron chi connectivity index (χ2n) is 4.69. The third kappa shape index (κ3) is 3.24. The molecular weight excluding hydrogens is 228 g/mol. The Kier molecular flexibility index (Phi) is 5.63. The molecule has 1 rings (SSSR count). The van der Waals surface area contributed by atoms with Gasteiger partial charge in [0, 0.05) is 7.11 Å². The quantitative estimate of drug-likeness (QED) is 0.845. The third-order valence-corrected chi connectivity index (χ3v) is 3.33. The average molecular weight is 252 g/mol. The summed E-state index contributed by atoms with van der Waals surface area (Å²) in [5.41, 5.74) is 2.99. The Morgan fingerprint density at radius 2 is 1.83 bits per heavy atom. The molecule has 3 nitrogen and oxygen atoms in total. The van der Waals surface area contributed by atoms with E-state index >= 15 is 0 Å².